The van der Waals surface area contributed by atoms with Crippen molar-refractivity contribution in [3.63, 3.8) is 0 Å². The highest BCUT2D eigenvalue weighted by molar-refractivity contribution is 7.92. The Morgan fingerprint density at radius 2 is 1.53 bits per heavy atom. The summed E-state index contributed by atoms with van der Waals surface area (Å²) < 4.78 is 67.1. The van der Waals surface area contributed by atoms with Crippen LogP contribution in [0.5, 0.6) is 0 Å². The maximum absolute atomic E-state index is 14.1. The molecule has 0 aliphatic heterocycles. The van der Waals surface area contributed by atoms with E-state index in [1.54, 1.807) is 75.4 Å². The molecular formula is C30H32Cl2F3N3O4S. The van der Waals surface area contributed by atoms with Gasteiger partial charge in [0.15, 0.2) is 0 Å². The highest BCUT2D eigenvalue weighted by atomic mass is 35.5. The van der Waals surface area contributed by atoms with Crippen LogP contribution >= 0.6 is 23.2 Å². The van der Waals surface area contributed by atoms with Gasteiger partial charge in [-0.25, -0.2) is 8.42 Å². The molecule has 1 N–H and O–H groups in total. The van der Waals surface area contributed by atoms with Crippen molar-refractivity contribution < 1.29 is 31.2 Å². The Bertz CT molecular complexity index is 1560. The van der Waals surface area contributed by atoms with Crippen LogP contribution in [0.25, 0.3) is 0 Å². The molecule has 232 valence electrons. The van der Waals surface area contributed by atoms with Crippen LogP contribution in [0.1, 0.15) is 37.5 Å². The standard InChI is InChI=1S/C30H32Cl2F3N3O4S/c1-29(2,3)36-28(40)26(16-20-9-6-5-7-10-20)37(18-21-11-8-12-22(31)15-21)27(39)19-38(43(4,41)42)23-13-14-25(32)24(17-23)30(33,34)35/h5-15,17,26H,16,18-19H2,1-4H3,(H,36,40). The molecule has 1 atom stereocenters. The van der Waals surface area contributed by atoms with E-state index in [0.29, 0.717) is 21.0 Å². The van der Waals surface area contributed by atoms with Crippen molar-refractivity contribution >= 4 is 50.7 Å². The smallest absolute Gasteiger partial charge is 0.350 e. The van der Waals surface area contributed by atoms with E-state index < -0.39 is 62.4 Å². The number of nitrogens with one attached hydrogen (secondary N) is 1. The van der Waals surface area contributed by atoms with Gasteiger partial charge in [-0.15, -0.1) is 0 Å². The monoisotopic (exact) mass is 657 g/mol. The Kier molecular flexibility index (Phi) is 10.8. The van der Waals surface area contributed by atoms with Crippen molar-refractivity contribution in [3.05, 3.63) is 99.5 Å². The maximum Gasteiger partial charge on any atom is 0.417 e. The first-order valence-corrected chi connectivity index (χ1v) is 15.7. The minimum absolute atomic E-state index is 0.0765. The van der Waals surface area contributed by atoms with E-state index in [-0.39, 0.29) is 13.0 Å². The van der Waals surface area contributed by atoms with Crippen LogP contribution in [-0.4, -0.2) is 49.5 Å². The molecule has 0 aromatic heterocycles. The number of alkyl halides is 3. The molecule has 0 saturated heterocycles. The van der Waals surface area contributed by atoms with Crippen LogP contribution < -0.4 is 9.62 Å². The summed E-state index contributed by atoms with van der Waals surface area (Å²) in [6.45, 7) is 4.31. The molecule has 0 heterocycles. The molecule has 1 unspecified atom stereocenters. The Morgan fingerprint density at radius 1 is 0.907 bits per heavy atom. The number of carbonyl (C=O) groups is 2. The summed E-state index contributed by atoms with van der Waals surface area (Å²) >= 11 is 11.9. The lowest BCUT2D eigenvalue weighted by Crippen LogP contribution is -2.56. The molecule has 0 radical (unpaired) electrons. The lowest BCUT2D eigenvalue weighted by Gasteiger charge is -2.35. The minimum atomic E-state index is -4.87. The number of anilines is 1. The lowest BCUT2D eigenvalue weighted by molar-refractivity contribution is -0.140. The average molecular weight is 659 g/mol. The van der Waals surface area contributed by atoms with Gasteiger partial charge in [0, 0.05) is 23.5 Å². The van der Waals surface area contributed by atoms with Crippen molar-refractivity contribution in [2.75, 3.05) is 17.1 Å². The lowest BCUT2D eigenvalue weighted by atomic mass is 10.0. The van der Waals surface area contributed by atoms with Crippen LogP contribution in [0.15, 0.2) is 72.8 Å². The molecule has 0 saturated carbocycles. The summed E-state index contributed by atoms with van der Waals surface area (Å²) in [5.41, 5.74) is -1.05. The zero-order valence-corrected chi connectivity index (χ0v) is 26.3. The van der Waals surface area contributed by atoms with Gasteiger partial charge in [0.2, 0.25) is 21.8 Å². The van der Waals surface area contributed by atoms with Gasteiger partial charge in [-0.1, -0.05) is 65.7 Å². The molecule has 0 fully saturated rings. The van der Waals surface area contributed by atoms with E-state index in [1.165, 1.54) is 4.90 Å². The third-order valence-corrected chi connectivity index (χ3v) is 7.94. The molecule has 13 heteroatoms. The van der Waals surface area contributed by atoms with Crippen molar-refractivity contribution in [2.45, 2.75) is 51.5 Å². The summed E-state index contributed by atoms with van der Waals surface area (Å²) in [4.78, 5) is 29.0. The number of sulfonamides is 1. The van der Waals surface area contributed by atoms with E-state index in [4.69, 9.17) is 23.2 Å². The molecule has 0 bridgehead atoms. The molecule has 43 heavy (non-hydrogen) atoms. The Hall–Kier alpha value is -3.28. The van der Waals surface area contributed by atoms with Gasteiger partial charge in [-0.2, -0.15) is 13.2 Å². The molecule has 3 aromatic carbocycles. The first-order valence-electron chi connectivity index (χ1n) is 13.1. The second-order valence-corrected chi connectivity index (χ2v) is 13.8. The molecule has 0 aliphatic carbocycles. The van der Waals surface area contributed by atoms with Crippen LogP contribution in [0.2, 0.25) is 10.0 Å². The normalized spacial score (nSPS) is 12.9. The topological polar surface area (TPSA) is 86.8 Å². The number of amides is 2. The molecule has 7 nitrogen and oxygen atoms in total. The molecule has 2 amide bonds. The summed E-state index contributed by atoms with van der Waals surface area (Å²) in [7, 11) is -4.28. The number of hydrogen-bond acceptors (Lipinski definition) is 4. The predicted molar refractivity (Wildman–Crippen MR) is 162 cm³/mol. The quantitative estimate of drug-likeness (QED) is 0.276. The summed E-state index contributed by atoms with van der Waals surface area (Å²) in [6, 6.07) is 17.0. The van der Waals surface area contributed by atoms with E-state index in [0.717, 1.165) is 24.0 Å². The van der Waals surface area contributed by atoms with Gasteiger partial charge >= 0.3 is 6.18 Å². The first kappa shape index (κ1) is 34.2. The highest BCUT2D eigenvalue weighted by Gasteiger charge is 2.37. The minimum Gasteiger partial charge on any atom is -0.350 e. The summed E-state index contributed by atoms with van der Waals surface area (Å²) in [5, 5.41) is 2.64. The predicted octanol–water partition coefficient (Wildman–Crippen LogP) is 6.33. The molecular weight excluding hydrogens is 626 g/mol. The number of nitrogens with zero attached hydrogens (tertiary/aromatic N) is 2. The number of hydrogen-bond donors (Lipinski definition) is 1. The third kappa shape index (κ3) is 9.87. The van der Waals surface area contributed by atoms with Crippen molar-refractivity contribution in [1.29, 1.82) is 0 Å². The SMILES string of the molecule is CC(C)(C)NC(=O)C(Cc1ccccc1)N(Cc1cccc(Cl)c1)C(=O)CN(c1ccc(Cl)c(C(F)(F)F)c1)S(C)(=O)=O. The number of benzene rings is 3. The van der Waals surface area contributed by atoms with Crippen molar-refractivity contribution in [2.24, 2.45) is 0 Å². The van der Waals surface area contributed by atoms with Gasteiger partial charge in [-0.3, -0.25) is 13.9 Å². The van der Waals surface area contributed by atoms with E-state index >= 15 is 0 Å². The fourth-order valence-electron chi connectivity index (χ4n) is 4.34. The maximum atomic E-state index is 14.1. The fourth-order valence-corrected chi connectivity index (χ4v) is 5.62. The molecule has 3 aromatic rings. The number of rotatable bonds is 10. The summed E-state index contributed by atoms with van der Waals surface area (Å²) in [6.07, 6.45) is -4.02. The van der Waals surface area contributed by atoms with Gasteiger partial charge in [0.25, 0.3) is 0 Å². The molecule has 0 spiro atoms. The molecule has 0 aliphatic rings. The number of carbonyl (C=O) groups excluding carboxylic acids is 2. The fraction of sp³-hybridized carbons (Fsp3) is 0.333. The van der Waals surface area contributed by atoms with Gasteiger partial charge < -0.3 is 10.2 Å². The molecule has 3 rings (SSSR count). The van der Waals surface area contributed by atoms with Gasteiger partial charge in [0.05, 0.1) is 22.5 Å². The van der Waals surface area contributed by atoms with Crippen molar-refractivity contribution in [1.82, 2.24) is 10.2 Å². The Morgan fingerprint density at radius 3 is 2.09 bits per heavy atom. The van der Waals surface area contributed by atoms with Gasteiger partial charge in [-0.05, 0) is 62.2 Å². The van der Waals surface area contributed by atoms with Crippen LogP contribution in [0.3, 0.4) is 0 Å². The number of halogens is 5. The van der Waals surface area contributed by atoms with E-state index in [1.807, 2.05) is 0 Å². The van der Waals surface area contributed by atoms with Crippen LogP contribution in [0, 0.1) is 0 Å². The Labute approximate surface area is 259 Å². The van der Waals surface area contributed by atoms with Crippen LogP contribution in [-0.2, 0) is 38.8 Å². The zero-order valence-electron chi connectivity index (χ0n) is 24.0. The van der Waals surface area contributed by atoms with Crippen LogP contribution in [0.4, 0.5) is 18.9 Å². The van der Waals surface area contributed by atoms with E-state index in [2.05, 4.69) is 5.32 Å². The van der Waals surface area contributed by atoms with E-state index in [9.17, 15) is 31.2 Å². The van der Waals surface area contributed by atoms with Crippen molar-refractivity contribution in [3.8, 4) is 0 Å². The second kappa shape index (κ2) is 13.6. The first-order chi connectivity index (χ1) is 19.8. The average Bonchev–Trinajstić information content (AvgIpc) is 2.88. The Balaban J connectivity index is 2.12. The second-order valence-electron chi connectivity index (χ2n) is 11.0. The summed E-state index contributed by atoms with van der Waals surface area (Å²) in [5.74, 6) is -1.32. The largest absolute Gasteiger partial charge is 0.417 e. The zero-order chi connectivity index (χ0) is 32.2. The highest BCUT2D eigenvalue weighted by Crippen LogP contribution is 2.37. The third-order valence-electron chi connectivity index (χ3n) is 6.23. The van der Waals surface area contributed by atoms with Gasteiger partial charge in [0.1, 0.15) is 12.6 Å².